The summed E-state index contributed by atoms with van der Waals surface area (Å²) in [5.41, 5.74) is -0.179. The van der Waals surface area contributed by atoms with Crippen LogP contribution in [0.4, 0.5) is 11.5 Å². The number of hydrogen-bond donors (Lipinski definition) is 1. The van der Waals surface area contributed by atoms with Gasteiger partial charge in [-0.3, -0.25) is 10.1 Å². The number of anilines is 1. The molecule has 1 aromatic rings. The topological polar surface area (TPSA) is 90.2 Å². The third-order valence-corrected chi connectivity index (χ3v) is 3.17. The molecule has 1 heterocycles. The second kappa shape index (κ2) is 9.17. The first-order chi connectivity index (χ1) is 10.5. The Balaban J connectivity index is 3.01. The Hall–Kier alpha value is -1.92. The zero-order chi connectivity index (χ0) is 16.5. The summed E-state index contributed by atoms with van der Waals surface area (Å²) in [7, 11) is 0. The number of nitrogens with zero attached hydrogens (tertiary/aromatic N) is 3. The zero-order valence-electron chi connectivity index (χ0n) is 13.9. The van der Waals surface area contributed by atoms with Gasteiger partial charge in [-0.25, -0.2) is 4.98 Å². The van der Waals surface area contributed by atoms with Crippen LogP contribution in [0.25, 0.3) is 0 Å². The minimum atomic E-state index is -0.483. The highest BCUT2D eigenvalue weighted by atomic mass is 16.6. The van der Waals surface area contributed by atoms with E-state index in [-0.39, 0.29) is 23.3 Å². The van der Waals surface area contributed by atoms with Gasteiger partial charge in [0.15, 0.2) is 0 Å². The van der Waals surface area contributed by atoms with Gasteiger partial charge >= 0.3 is 5.69 Å². The van der Waals surface area contributed by atoms with Gasteiger partial charge in [-0.2, -0.15) is 4.98 Å². The molecule has 7 nitrogen and oxygen atoms in total. The van der Waals surface area contributed by atoms with Gasteiger partial charge < -0.3 is 10.1 Å². The molecular formula is C15H26N4O3. The van der Waals surface area contributed by atoms with Crippen LogP contribution in [0.3, 0.4) is 0 Å². The summed E-state index contributed by atoms with van der Waals surface area (Å²) in [6.07, 6.45) is 4.36. The van der Waals surface area contributed by atoms with E-state index in [4.69, 9.17) is 4.74 Å². The Morgan fingerprint density at radius 3 is 2.50 bits per heavy atom. The molecule has 0 aliphatic heterocycles. The highest BCUT2D eigenvalue weighted by molar-refractivity contribution is 5.61. The molecule has 0 aliphatic rings. The SMILES string of the molecule is CCCCCCNc1nc(C(C)C)nc(OCC)c1[N+](=O)[O-]. The molecule has 0 atom stereocenters. The van der Waals surface area contributed by atoms with Crippen molar-refractivity contribution in [3.63, 3.8) is 0 Å². The number of ether oxygens (including phenoxy) is 1. The lowest BCUT2D eigenvalue weighted by molar-refractivity contribution is -0.385. The van der Waals surface area contributed by atoms with Gasteiger partial charge in [0.2, 0.25) is 5.82 Å². The van der Waals surface area contributed by atoms with Crippen molar-refractivity contribution < 1.29 is 9.66 Å². The second-order valence-corrected chi connectivity index (χ2v) is 5.42. The molecule has 0 radical (unpaired) electrons. The van der Waals surface area contributed by atoms with Crippen molar-refractivity contribution in [2.75, 3.05) is 18.5 Å². The lowest BCUT2D eigenvalue weighted by Crippen LogP contribution is -2.12. The molecule has 1 N–H and O–H groups in total. The van der Waals surface area contributed by atoms with Crippen LogP contribution < -0.4 is 10.1 Å². The fourth-order valence-electron chi connectivity index (χ4n) is 1.99. The van der Waals surface area contributed by atoms with Gasteiger partial charge in [0.25, 0.3) is 5.88 Å². The van der Waals surface area contributed by atoms with Gasteiger partial charge in [0.05, 0.1) is 11.5 Å². The molecule has 0 aromatic carbocycles. The summed E-state index contributed by atoms with van der Waals surface area (Å²) < 4.78 is 5.34. The molecule has 22 heavy (non-hydrogen) atoms. The van der Waals surface area contributed by atoms with E-state index in [2.05, 4.69) is 22.2 Å². The summed E-state index contributed by atoms with van der Waals surface area (Å²) in [6.45, 7) is 8.79. The number of rotatable bonds is 10. The van der Waals surface area contributed by atoms with E-state index in [1.807, 2.05) is 13.8 Å². The Labute approximate surface area is 131 Å². The molecule has 0 saturated heterocycles. The first-order valence-corrected chi connectivity index (χ1v) is 7.94. The quantitative estimate of drug-likeness (QED) is 0.400. The fraction of sp³-hybridized carbons (Fsp3) is 0.733. The molecule has 0 spiro atoms. The van der Waals surface area contributed by atoms with Crippen molar-refractivity contribution in [1.82, 2.24) is 9.97 Å². The van der Waals surface area contributed by atoms with Crippen molar-refractivity contribution in [3.8, 4) is 5.88 Å². The van der Waals surface area contributed by atoms with Crippen LogP contribution >= 0.6 is 0 Å². The first-order valence-electron chi connectivity index (χ1n) is 7.94. The molecule has 0 unspecified atom stereocenters. The molecule has 1 aromatic heterocycles. The maximum atomic E-state index is 11.3. The van der Waals surface area contributed by atoms with Gasteiger partial charge in [0.1, 0.15) is 5.82 Å². The third-order valence-electron chi connectivity index (χ3n) is 3.17. The normalized spacial score (nSPS) is 10.8. The maximum absolute atomic E-state index is 11.3. The van der Waals surface area contributed by atoms with Crippen LogP contribution in [0, 0.1) is 10.1 Å². The average molecular weight is 310 g/mol. The first kappa shape index (κ1) is 18.1. The van der Waals surface area contributed by atoms with E-state index in [0.717, 1.165) is 25.7 Å². The number of unbranched alkanes of at least 4 members (excludes halogenated alkanes) is 3. The number of hydrogen-bond acceptors (Lipinski definition) is 6. The predicted molar refractivity (Wildman–Crippen MR) is 86.6 cm³/mol. The Morgan fingerprint density at radius 1 is 1.23 bits per heavy atom. The van der Waals surface area contributed by atoms with Crippen LogP contribution in [0.2, 0.25) is 0 Å². The summed E-state index contributed by atoms with van der Waals surface area (Å²) in [6, 6.07) is 0. The molecule has 0 saturated carbocycles. The summed E-state index contributed by atoms with van der Waals surface area (Å²) in [5, 5.41) is 14.4. The van der Waals surface area contributed by atoms with Crippen LogP contribution in [-0.2, 0) is 0 Å². The Morgan fingerprint density at radius 2 is 1.95 bits per heavy atom. The number of nitro groups is 1. The number of nitrogens with one attached hydrogen (secondary N) is 1. The number of aromatic nitrogens is 2. The van der Waals surface area contributed by atoms with Gasteiger partial charge in [-0.1, -0.05) is 40.0 Å². The standard InChI is InChI=1S/C15H26N4O3/c1-5-7-8-9-10-16-14-12(19(20)21)15(22-6-2)18-13(17-14)11(3)4/h11H,5-10H2,1-4H3,(H,16,17,18). The van der Waals surface area contributed by atoms with Crippen molar-refractivity contribution >= 4 is 11.5 Å². The van der Waals surface area contributed by atoms with Crippen LogP contribution in [0.15, 0.2) is 0 Å². The molecule has 7 heteroatoms. The molecular weight excluding hydrogens is 284 g/mol. The molecule has 124 valence electrons. The van der Waals surface area contributed by atoms with Gasteiger partial charge in [-0.15, -0.1) is 0 Å². The highest BCUT2D eigenvalue weighted by Crippen LogP contribution is 2.33. The minimum absolute atomic E-state index is 0.0438. The lowest BCUT2D eigenvalue weighted by Gasteiger charge is -2.12. The van der Waals surface area contributed by atoms with E-state index < -0.39 is 4.92 Å². The maximum Gasteiger partial charge on any atom is 0.372 e. The van der Waals surface area contributed by atoms with Crippen molar-refractivity contribution in [2.24, 2.45) is 0 Å². The molecule has 0 bridgehead atoms. The van der Waals surface area contributed by atoms with Crippen molar-refractivity contribution in [1.29, 1.82) is 0 Å². The average Bonchev–Trinajstić information content (AvgIpc) is 2.46. The van der Waals surface area contributed by atoms with Crippen LogP contribution in [-0.4, -0.2) is 28.0 Å². The van der Waals surface area contributed by atoms with Crippen LogP contribution in [0.1, 0.15) is 65.1 Å². The largest absolute Gasteiger partial charge is 0.473 e. The Kier molecular flexibility index (Phi) is 7.56. The highest BCUT2D eigenvalue weighted by Gasteiger charge is 2.26. The van der Waals surface area contributed by atoms with E-state index in [1.165, 1.54) is 0 Å². The molecule has 0 fully saturated rings. The molecule has 0 amide bonds. The summed E-state index contributed by atoms with van der Waals surface area (Å²) in [4.78, 5) is 19.4. The zero-order valence-corrected chi connectivity index (χ0v) is 13.9. The predicted octanol–water partition coefficient (Wildman–Crippen LogP) is 3.90. The van der Waals surface area contributed by atoms with E-state index in [9.17, 15) is 10.1 Å². The Bertz CT molecular complexity index is 492. The molecule has 1 rings (SSSR count). The lowest BCUT2D eigenvalue weighted by atomic mass is 10.2. The molecule has 0 aliphatic carbocycles. The van der Waals surface area contributed by atoms with E-state index >= 15 is 0 Å². The minimum Gasteiger partial charge on any atom is -0.473 e. The van der Waals surface area contributed by atoms with Crippen molar-refractivity contribution in [2.45, 2.75) is 59.3 Å². The third kappa shape index (κ3) is 5.13. The monoisotopic (exact) mass is 310 g/mol. The van der Waals surface area contributed by atoms with Gasteiger partial charge in [0, 0.05) is 12.5 Å². The smallest absolute Gasteiger partial charge is 0.372 e. The van der Waals surface area contributed by atoms with Gasteiger partial charge in [-0.05, 0) is 13.3 Å². The van der Waals surface area contributed by atoms with Crippen molar-refractivity contribution in [3.05, 3.63) is 15.9 Å². The summed E-state index contributed by atoms with van der Waals surface area (Å²) in [5.74, 6) is 0.914. The van der Waals surface area contributed by atoms with E-state index in [0.29, 0.717) is 19.0 Å². The fourth-order valence-corrected chi connectivity index (χ4v) is 1.99. The summed E-state index contributed by atoms with van der Waals surface area (Å²) >= 11 is 0. The second-order valence-electron chi connectivity index (χ2n) is 5.42. The van der Waals surface area contributed by atoms with Crippen LogP contribution in [0.5, 0.6) is 5.88 Å². The van der Waals surface area contributed by atoms with E-state index in [1.54, 1.807) is 6.92 Å².